The minimum atomic E-state index is -4.61. The van der Waals surface area contributed by atoms with Gasteiger partial charge in [0.15, 0.2) is 12.4 Å². The van der Waals surface area contributed by atoms with Crippen LogP contribution >= 0.6 is 23.2 Å². The van der Waals surface area contributed by atoms with Crippen LogP contribution in [0.5, 0.6) is 0 Å². The number of carbonyl (C=O) groups excluding carboxylic acids is 2. The van der Waals surface area contributed by atoms with E-state index in [0.29, 0.717) is 22.8 Å². The summed E-state index contributed by atoms with van der Waals surface area (Å²) in [7, 11) is 0. The van der Waals surface area contributed by atoms with Crippen molar-refractivity contribution in [1.82, 2.24) is 4.98 Å². The third-order valence-electron chi connectivity index (χ3n) is 3.05. The second kappa shape index (κ2) is 8.88. The molecular weight excluding hydrogens is 408 g/mol. The van der Waals surface area contributed by atoms with Crippen LogP contribution in [0.25, 0.3) is 6.08 Å². The van der Waals surface area contributed by atoms with Crippen molar-refractivity contribution < 1.29 is 27.5 Å². The lowest BCUT2D eigenvalue weighted by Crippen LogP contribution is -2.21. The van der Waals surface area contributed by atoms with E-state index in [9.17, 15) is 22.8 Å². The predicted octanol–water partition coefficient (Wildman–Crippen LogP) is 4.60. The average Bonchev–Trinajstić information content (AvgIpc) is 2.60. The third-order valence-corrected chi connectivity index (χ3v) is 3.59. The summed E-state index contributed by atoms with van der Waals surface area (Å²) in [6.45, 7) is -0.664. The van der Waals surface area contributed by atoms with E-state index in [2.05, 4.69) is 10.3 Å². The van der Waals surface area contributed by atoms with E-state index in [0.717, 1.165) is 6.08 Å². The molecule has 0 saturated heterocycles. The number of nitrogens with one attached hydrogen (secondary N) is 1. The molecule has 10 heteroatoms. The number of hydrogen-bond acceptors (Lipinski definition) is 4. The smallest absolute Gasteiger partial charge is 0.417 e. The first-order valence-corrected chi connectivity index (χ1v) is 8.04. The van der Waals surface area contributed by atoms with Gasteiger partial charge >= 0.3 is 12.1 Å². The van der Waals surface area contributed by atoms with Crippen molar-refractivity contribution >= 4 is 47.0 Å². The number of ether oxygens (including phenoxy) is 1. The van der Waals surface area contributed by atoms with Gasteiger partial charge in [0.1, 0.15) is 0 Å². The normalized spacial score (nSPS) is 11.4. The monoisotopic (exact) mass is 418 g/mol. The molecule has 1 aromatic heterocycles. The first-order valence-electron chi connectivity index (χ1n) is 7.28. The van der Waals surface area contributed by atoms with Crippen molar-refractivity contribution in [2.75, 3.05) is 11.9 Å². The number of aromatic nitrogens is 1. The molecule has 1 heterocycles. The molecule has 0 aliphatic rings. The van der Waals surface area contributed by atoms with Gasteiger partial charge < -0.3 is 10.1 Å². The highest BCUT2D eigenvalue weighted by Crippen LogP contribution is 2.32. The maximum absolute atomic E-state index is 12.5. The van der Waals surface area contributed by atoms with Crippen molar-refractivity contribution in [3.05, 3.63) is 63.8 Å². The van der Waals surface area contributed by atoms with Gasteiger partial charge in [-0.15, -0.1) is 0 Å². The number of nitrogens with zero attached hydrogens (tertiary/aromatic N) is 1. The molecule has 0 atom stereocenters. The Kier molecular flexibility index (Phi) is 6.81. The van der Waals surface area contributed by atoms with Gasteiger partial charge in [-0.3, -0.25) is 4.79 Å². The Morgan fingerprint density at radius 1 is 1.19 bits per heavy atom. The molecule has 142 valence electrons. The molecule has 0 aliphatic heterocycles. The molecule has 2 rings (SSSR count). The third kappa shape index (κ3) is 6.58. The summed E-state index contributed by atoms with van der Waals surface area (Å²) >= 11 is 11.4. The summed E-state index contributed by atoms with van der Waals surface area (Å²) in [5.41, 5.74) is -0.356. The predicted molar refractivity (Wildman–Crippen MR) is 94.3 cm³/mol. The highest BCUT2D eigenvalue weighted by atomic mass is 35.5. The standard InChI is InChI=1S/C17H11Cl2F3N2O3/c18-12-4-1-10(2-5-12)3-6-15(26)27-9-14(25)24-16-13(19)7-11(8-23-16)17(20,21)22/h1-8H,9H2,(H,23,24,25)/b6-3+. The van der Waals surface area contributed by atoms with Crippen LogP contribution in [0.15, 0.2) is 42.6 Å². The summed E-state index contributed by atoms with van der Waals surface area (Å²) < 4.78 is 42.3. The Bertz CT molecular complexity index is 869. The van der Waals surface area contributed by atoms with Crippen LogP contribution in [0, 0.1) is 0 Å². The molecule has 0 unspecified atom stereocenters. The Morgan fingerprint density at radius 3 is 2.44 bits per heavy atom. The first kappa shape index (κ1) is 20.7. The fourth-order valence-corrected chi connectivity index (χ4v) is 2.12. The number of hydrogen-bond donors (Lipinski definition) is 1. The fraction of sp³-hybridized carbons (Fsp3) is 0.118. The molecule has 27 heavy (non-hydrogen) atoms. The molecule has 1 N–H and O–H groups in total. The fourth-order valence-electron chi connectivity index (χ4n) is 1.78. The maximum Gasteiger partial charge on any atom is 0.417 e. The molecule has 2 aromatic rings. The van der Waals surface area contributed by atoms with Crippen LogP contribution in [-0.4, -0.2) is 23.5 Å². The van der Waals surface area contributed by atoms with Gasteiger partial charge in [0.25, 0.3) is 5.91 Å². The number of esters is 1. The van der Waals surface area contributed by atoms with E-state index in [1.54, 1.807) is 24.3 Å². The van der Waals surface area contributed by atoms with Gasteiger partial charge in [-0.1, -0.05) is 35.3 Å². The lowest BCUT2D eigenvalue weighted by Gasteiger charge is -2.10. The van der Waals surface area contributed by atoms with Crippen molar-refractivity contribution in [2.45, 2.75) is 6.18 Å². The lowest BCUT2D eigenvalue weighted by atomic mass is 10.2. The van der Waals surface area contributed by atoms with Gasteiger partial charge in [-0.25, -0.2) is 9.78 Å². The van der Waals surface area contributed by atoms with Gasteiger partial charge in [0, 0.05) is 17.3 Å². The number of rotatable bonds is 5. The summed E-state index contributed by atoms with van der Waals surface area (Å²) in [6, 6.07) is 7.26. The second-order valence-corrected chi connectivity index (χ2v) is 5.94. The zero-order chi connectivity index (χ0) is 20.0. The van der Waals surface area contributed by atoms with Gasteiger partial charge in [-0.05, 0) is 29.8 Å². The van der Waals surface area contributed by atoms with Crippen LogP contribution in [0.3, 0.4) is 0 Å². The number of anilines is 1. The Balaban J connectivity index is 1.87. The van der Waals surface area contributed by atoms with E-state index < -0.39 is 35.2 Å². The number of pyridine rings is 1. The minimum absolute atomic E-state index is 0.276. The van der Waals surface area contributed by atoms with Crippen molar-refractivity contribution in [2.24, 2.45) is 0 Å². The topological polar surface area (TPSA) is 68.3 Å². The second-order valence-electron chi connectivity index (χ2n) is 5.09. The summed E-state index contributed by atoms with van der Waals surface area (Å²) in [6.07, 6.45) is -1.50. The lowest BCUT2D eigenvalue weighted by molar-refractivity contribution is -0.142. The quantitative estimate of drug-likeness (QED) is 0.568. The molecule has 5 nitrogen and oxygen atoms in total. The van der Waals surface area contributed by atoms with Crippen molar-refractivity contribution in [1.29, 1.82) is 0 Å². The molecule has 0 spiro atoms. The molecule has 0 bridgehead atoms. The maximum atomic E-state index is 12.5. The average molecular weight is 419 g/mol. The molecule has 0 saturated carbocycles. The van der Waals surface area contributed by atoms with Crippen LogP contribution in [0.2, 0.25) is 10.0 Å². The van der Waals surface area contributed by atoms with E-state index in [4.69, 9.17) is 27.9 Å². The number of benzene rings is 1. The van der Waals surface area contributed by atoms with E-state index in [1.807, 2.05) is 0 Å². The highest BCUT2D eigenvalue weighted by molar-refractivity contribution is 6.33. The van der Waals surface area contributed by atoms with Crippen LogP contribution in [0.4, 0.5) is 19.0 Å². The first-order chi connectivity index (χ1) is 12.6. The number of alkyl halides is 3. The molecule has 1 amide bonds. The SMILES string of the molecule is O=C(COC(=O)/C=C/c1ccc(Cl)cc1)Nc1ncc(C(F)(F)F)cc1Cl. The van der Waals surface area contributed by atoms with Gasteiger partial charge in [0.05, 0.1) is 10.6 Å². The molecular formula is C17H11Cl2F3N2O3. The van der Waals surface area contributed by atoms with Crippen molar-refractivity contribution in [3.63, 3.8) is 0 Å². The molecule has 0 aliphatic carbocycles. The largest absolute Gasteiger partial charge is 0.452 e. The zero-order valence-corrected chi connectivity index (χ0v) is 14.9. The number of carbonyl (C=O) groups is 2. The number of halogens is 5. The van der Waals surface area contributed by atoms with Crippen LogP contribution < -0.4 is 5.32 Å². The zero-order valence-electron chi connectivity index (χ0n) is 13.4. The van der Waals surface area contributed by atoms with Crippen molar-refractivity contribution in [3.8, 4) is 0 Å². The number of amides is 1. The summed E-state index contributed by atoms with van der Waals surface area (Å²) in [5, 5.41) is 2.31. The van der Waals surface area contributed by atoms with Crippen LogP contribution in [0.1, 0.15) is 11.1 Å². The van der Waals surface area contributed by atoms with E-state index >= 15 is 0 Å². The summed E-state index contributed by atoms with van der Waals surface area (Å²) in [5.74, 6) is -1.87. The molecule has 1 aromatic carbocycles. The van der Waals surface area contributed by atoms with Crippen LogP contribution in [-0.2, 0) is 20.5 Å². The Labute approximate surface area is 161 Å². The van der Waals surface area contributed by atoms with Gasteiger partial charge in [0.2, 0.25) is 0 Å². The molecule has 0 radical (unpaired) electrons. The molecule has 0 fully saturated rings. The van der Waals surface area contributed by atoms with E-state index in [-0.39, 0.29) is 5.82 Å². The summed E-state index contributed by atoms with van der Waals surface area (Å²) in [4.78, 5) is 26.7. The Morgan fingerprint density at radius 2 is 1.85 bits per heavy atom. The van der Waals surface area contributed by atoms with E-state index in [1.165, 1.54) is 6.08 Å². The van der Waals surface area contributed by atoms with Gasteiger partial charge in [-0.2, -0.15) is 13.2 Å². The Hall–Kier alpha value is -2.58. The highest BCUT2D eigenvalue weighted by Gasteiger charge is 2.31. The minimum Gasteiger partial charge on any atom is -0.452 e.